The quantitative estimate of drug-likeness (QED) is 0.711. The molecule has 3 rings (SSSR count). The summed E-state index contributed by atoms with van der Waals surface area (Å²) in [6, 6.07) is 15.7. The van der Waals surface area contributed by atoms with E-state index in [4.69, 9.17) is 0 Å². The van der Waals surface area contributed by atoms with Crippen LogP contribution in [0.15, 0.2) is 53.4 Å². The number of hydrogen-bond donors (Lipinski definition) is 2. The molecule has 0 bridgehead atoms. The van der Waals surface area contributed by atoms with E-state index in [0.29, 0.717) is 29.0 Å². The molecule has 1 fully saturated rings. The number of nitrogens with one attached hydrogen (secondary N) is 2. The van der Waals surface area contributed by atoms with Crippen LogP contribution in [-0.4, -0.2) is 23.6 Å². The van der Waals surface area contributed by atoms with E-state index >= 15 is 0 Å². The minimum Gasteiger partial charge on any atom is -0.349 e. The van der Waals surface area contributed by atoms with E-state index in [1.54, 1.807) is 24.3 Å². The van der Waals surface area contributed by atoms with Crippen LogP contribution in [0.5, 0.6) is 0 Å². The molecule has 2 amide bonds. The Kier molecular flexibility index (Phi) is 5.99. The van der Waals surface area contributed by atoms with Crippen molar-refractivity contribution in [3.05, 3.63) is 59.7 Å². The SMILES string of the molecule is CC(C)c1ccc(SCC(=O)Nc2cccc(C(=O)NC3CC3)c2)cc1. The van der Waals surface area contributed by atoms with Gasteiger partial charge in [0.25, 0.3) is 5.91 Å². The molecule has 2 N–H and O–H groups in total. The summed E-state index contributed by atoms with van der Waals surface area (Å²) in [7, 11) is 0. The van der Waals surface area contributed by atoms with Gasteiger partial charge in [-0.05, 0) is 54.7 Å². The lowest BCUT2D eigenvalue weighted by atomic mass is 10.0. The van der Waals surface area contributed by atoms with E-state index in [1.165, 1.54) is 17.3 Å². The highest BCUT2D eigenvalue weighted by Gasteiger charge is 2.23. The van der Waals surface area contributed by atoms with Crippen molar-refractivity contribution in [2.24, 2.45) is 0 Å². The lowest BCUT2D eigenvalue weighted by molar-refractivity contribution is -0.113. The number of hydrogen-bond acceptors (Lipinski definition) is 3. The lowest BCUT2D eigenvalue weighted by Gasteiger charge is -2.09. The van der Waals surface area contributed by atoms with E-state index < -0.39 is 0 Å². The number of thioether (sulfide) groups is 1. The third kappa shape index (κ3) is 5.36. The van der Waals surface area contributed by atoms with E-state index in [1.807, 2.05) is 0 Å². The molecule has 0 spiro atoms. The van der Waals surface area contributed by atoms with Crippen LogP contribution in [-0.2, 0) is 4.79 Å². The zero-order chi connectivity index (χ0) is 18.5. The van der Waals surface area contributed by atoms with Gasteiger partial charge in [0.05, 0.1) is 5.75 Å². The minimum atomic E-state index is -0.0808. The highest BCUT2D eigenvalue weighted by atomic mass is 32.2. The summed E-state index contributed by atoms with van der Waals surface area (Å²) in [5.74, 6) is 0.673. The molecule has 0 atom stereocenters. The van der Waals surface area contributed by atoms with Gasteiger partial charge in [0, 0.05) is 22.2 Å². The molecule has 26 heavy (non-hydrogen) atoms. The van der Waals surface area contributed by atoms with Crippen molar-refractivity contribution in [3.63, 3.8) is 0 Å². The lowest BCUT2D eigenvalue weighted by Crippen LogP contribution is -2.25. The second kappa shape index (κ2) is 8.41. The smallest absolute Gasteiger partial charge is 0.251 e. The van der Waals surface area contributed by atoms with Crippen molar-refractivity contribution in [2.45, 2.75) is 43.5 Å². The normalized spacial score (nSPS) is 13.5. The Labute approximate surface area is 158 Å². The van der Waals surface area contributed by atoms with Crippen LogP contribution in [0.25, 0.3) is 0 Å². The summed E-state index contributed by atoms with van der Waals surface area (Å²) in [6.45, 7) is 4.32. The Bertz CT molecular complexity index is 783. The van der Waals surface area contributed by atoms with Crippen LogP contribution < -0.4 is 10.6 Å². The number of anilines is 1. The largest absolute Gasteiger partial charge is 0.349 e. The van der Waals surface area contributed by atoms with Gasteiger partial charge in [-0.15, -0.1) is 11.8 Å². The fourth-order valence-electron chi connectivity index (χ4n) is 2.53. The molecule has 0 unspecified atom stereocenters. The summed E-state index contributed by atoms with van der Waals surface area (Å²) in [6.07, 6.45) is 2.11. The fraction of sp³-hybridized carbons (Fsp3) is 0.333. The van der Waals surface area contributed by atoms with Gasteiger partial charge in [-0.1, -0.05) is 32.0 Å². The molecular formula is C21H24N2O2S. The summed E-state index contributed by atoms with van der Waals surface area (Å²) < 4.78 is 0. The maximum absolute atomic E-state index is 12.2. The number of benzene rings is 2. The Morgan fingerprint density at radius 1 is 1.12 bits per heavy atom. The highest BCUT2D eigenvalue weighted by molar-refractivity contribution is 8.00. The van der Waals surface area contributed by atoms with E-state index in [9.17, 15) is 9.59 Å². The molecule has 0 aromatic heterocycles. The first-order valence-corrected chi connectivity index (χ1v) is 9.93. The monoisotopic (exact) mass is 368 g/mol. The van der Waals surface area contributed by atoms with E-state index in [-0.39, 0.29) is 11.8 Å². The molecule has 4 nitrogen and oxygen atoms in total. The molecule has 0 radical (unpaired) electrons. The summed E-state index contributed by atoms with van der Waals surface area (Å²) in [5.41, 5.74) is 2.51. The maximum atomic E-state index is 12.2. The van der Waals surface area contributed by atoms with Crippen LogP contribution in [0.1, 0.15) is 48.5 Å². The van der Waals surface area contributed by atoms with Crippen molar-refractivity contribution < 1.29 is 9.59 Å². The molecule has 5 heteroatoms. The topological polar surface area (TPSA) is 58.2 Å². The molecule has 1 saturated carbocycles. The summed E-state index contributed by atoms with van der Waals surface area (Å²) in [4.78, 5) is 25.4. The highest BCUT2D eigenvalue weighted by Crippen LogP contribution is 2.22. The molecular weight excluding hydrogens is 344 g/mol. The van der Waals surface area contributed by atoms with Crippen LogP contribution >= 0.6 is 11.8 Å². The number of rotatable bonds is 7. The van der Waals surface area contributed by atoms with E-state index in [0.717, 1.165) is 17.7 Å². The molecule has 1 aliphatic carbocycles. The van der Waals surface area contributed by atoms with Gasteiger partial charge in [0.15, 0.2) is 0 Å². The standard InChI is InChI=1S/C21H24N2O2S/c1-14(2)15-6-10-19(11-7-15)26-13-20(24)22-18-5-3-4-16(12-18)21(25)23-17-8-9-17/h3-7,10-12,14,17H,8-9,13H2,1-2H3,(H,22,24)(H,23,25). The van der Waals surface area contributed by atoms with Crippen molar-refractivity contribution >= 4 is 29.3 Å². The Hall–Kier alpha value is -2.27. The molecule has 1 aliphatic rings. The fourth-order valence-corrected chi connectivity index (χ4v) is 3.23. The third-order valence-electron chi connectivity index (χ3n) is 4.24. The van der Waals surface area contributed by atoms with Crippen LogP contribution in [0.4, 0.5) is 5.69 Å². The van der Waals surface area contributed by atoms with Gasteiger partial charge in [0.1, 0.15) is 0 Å². The van der Waals surface area contributed by atoms with Crippen LogP contribution in [0, 0.1) is 0 Å². The van der Waals surface area contributed by atoms with Crippen LogP contribution in [0.3, 0.4) is 0 Å². The Morgan fingerprint density at radius 3 is 2.50 bits per heavy atom. The Balaban J connectivity index is 1.52. The molecule has 0 saturated heterocycles. The third-order valence-corrected chi connectivity index (χ3v) is 5.25. The molecule has 136 valence electrons. The van der Waals surface area contributed by atoms with Gasteiger partial charge in [0.2, 0.25) is 5.91 Å². The van der Waals surface area contributed by atoms with Gasteiger partial charge >= 0.3 is 0 Å². The number of amides is 2. The molecule has 2 aromatic carbocycles. The average molecular weight is 369 g/mol. The first-order chi connectivity index (χ1) is 12.5. The molecule has 0 heterocycles. The van der Waals surface area contributed by atoms with Crippen molar-refractivity contribution in [1.29, 1.82) is 0 Å². The predicted molar refractivity (Wildman–Crippen MR) is 107 cm³/mol. The first kappa shape index (κ1) is 18.5. The Morgan fingerprint density at radius 2 is 1.85 bits per heavy atom. The van der Waals surface area contributed by atoms with Crippen LogP contribution in [0.2, 0.25) is 0 Å². The first-order valence-electron chi connectivity index (χ1n) is 8.95. The minimum absolute atomic E-state index is 0.0804. The van der Waals surface area contributed by atoms with E-state index in [2.05, 4.69) is 48.7 Å². The predicted octanol–water partition coefficient (Wildman–Crippen LogP) is 4.43. The van der Waals surface area contributed by atoms with Gasteiger partial charge < -0.3 is 10.6 Å². The zero-order valence-electron chi connectivity index (χ0n) is 15.1. The van der Waals surface area contributed by atoms with Crippen molar-refractivity contribution in [1.82, 2.24) is 5.32 Å². The van der Waals surface area contributed by atoms with Gasteiger partial charge in [-0.25, -0.2) is 0 Å². The van der Waals surface area contributed by atoms with Gasteiger partial charge in [-0.2, -0.15) is 0 Å². The summed E-state index contributed by atoms with van der Waals surface area (Å²) in [5, 5.41) is 5.82. The number of carbonyl (C=O) groups is 2. The summed E-state index contributed by atoms with van der Waals surface area (Å²) >= 11 is 1.50. The van der Waals surface area contributed by atoms with Crippen molar-refractivity contribution in [3.8, 4) is 0 Å². The van der Waals surface area contributed by atoms with Crippen molar-refractivity contribution in [2.75, 3.05) is 11.1 Å². The molecule has 2 aromatic rings. The number of carbonyl (C=O) groups excluding carboxylic acids is 2. The second-order valence-electron chi connectivity index (χ2n) is 6.89. The maximum Gasteiger partial charge on any atom is 0.251 e. The second-order valence-corrected chi connectivity index (χ2v) is 7.94. The average Bonchev–Trinajstić information content (AvgIpc) is 3.44. The van der Waals surface area contributed by atoms with Gasteiger partial charge in [-0.3, -0.25) is 9.59 Å². The zero-order valence-corrected chi connectivity index (χ0v) is 15.9. The molecule has 0 aliphatic heterocycles.